The summed E-state index contributed by atoms with van der Waals surface area (Å²) in [5.74, 6) is 2.27. The van der Waals surface area contributed by atoms with Crippen molar-refractivity contribution in [3.05, 3.63) is 27.7 Å². The molecular formula is C16H25N5OS. The van der Waals surface area contributed by atoms with Gasteiger partial charge >= 0.3 is 0 Å². The van der Waals surface area contributed by atoms with Crippen molar-refractivity contribution in [2.45, 2.75) is 52.8 Å². The number of aryl methyl sites for hydroxylation is 2. The molecule has 0 unspecified atom stereocenters. The second-order valence-electron chi connectivity index (χ2n) is 6.45. The normalized spacial score (nSPS) is 19.6. The van der Waals surface area contributed by atoms with Crippen LogP contribution in [0.2, 0.25) is 0 Å². The summed E-state index contributed by atoms with van der Waals surface area (Å²) in [4.78, 5) is 11.5. The largest absolute Gasteiger partial charge is 0.374 e. The van der Waals surface area contributed by atoms with Gasteiger partial charge in [0.2, 0.25) is 0 Å². The molecule has 0 amide bonds. The molecule has 0 saturated carbocycles. The van der Waals surface area contributed by atoms with E-state index in [0.717, 1.165) is 44.4 Å². The Morgan fingerprint density at radius 3 is 2.83 bits per heavy atom. The Morgan fingerprint density at radius 2 is 2.17 bits per heavy atom. The van der Waals surface area contributed by atoms with Crippen molar-refractivity contribution in [3.8, 4) is 0 Å². The molecule has 7 heteroatoms. The number of nitrogens with zero attached hydrogens (tertiary/aromatic N) is 5. The van der Waals surface area contributed by atoms with Crippen LogP contribution in [0.3, 0.4) is 0 Å². The molecule has 3 heterocycles. The van der Waals surface area contributed by atoms with Gasteiger partial charge in [0.1, 0.15) is 11.6 Å². The van der Waals surface area contributed by atoms with E-state index in [1.54, 1.807) is 11.3 Å². The first-order valence-electron chi connectivity index (χ1n) is 8.17. The monoisotopic (exact) mass is 335 g/mol. The summed E-state index contributed by atoms with van der Waals surface area (Å²) in [5.41, 5.74) is 1.17. The summed E-state index contributed by atoms with van der Waals surface area (Å²) < 4.78 is 7.86. The van der Waals surface area contributed by atoms with E-state index in [1.165, 1.54) is 10.7 Å². The summed E-state index contributed by atoms with van der Waals surface area (Å²) in [5, 5.41) is 7.84. The minimum absolute atomic E-state index is 0.159. The molecule has 1 fully saturated rings. The molecule has 2 aromatic heterocycles. The highest BCUT2D eigenvalue weighted by Gasteiger charge is 2.22. The zero-order valence-electron chi connectivity index (χ0n) is 14.3. The van der Waals surface area contributed by atoms with Crippen LogP contribution in [-0.2, 0) is 17.8 Å². The van der Waals surface area contributed by atoms with E-state index in [-0.39, 0.29) is 6.10 Å². The summed E-state index contributed by atoms with van der Waals surface area (Å²) in [6, 6.07) is 0. The van der Waals surface area contributed by atoms with Crippen molar-refractivity contribution >= 4 is 11.3 Å². The number of hydrogen-bond donors (Lipinski definition) is 0. The highest BCUT2D eigenvalue weighted by molar-refractivity contribution is 7.09. The Hall–Kier alpha value is -1.31. The zero-order valence-corrected chi connectivity index (χ0v) is 15.1. The van der Waals surface area contributed by atoms with Gasteiger partial charge in [-0.2, -0.15) is 5.10 Å². The second kappa shape index (κ2) is 7.07. The second-order valence-corrected chi connectivity index (χ2v) is 7.34. The summed E-state index contributed by atoms with van der Waals surface area (Å²) in [6.45, 7) is 12.6. The number of hydrogen-bond acceptors (Lipinski definition) is 6. The lowest BCUT2D eigenvalue weighted by atomic mass is 10.2. The van der Waals surface area contributed by atoms with Crippen LogP contribution in [0.1, 0.15) is 42.1 Å². The van der Waals surface area contributed by atoms with Gasteiger partial charge in [0.05, 0.1) is 30.0 Å². The van der Waals surface area contributed by atoms with E-state index >= 15 is 0 Å². The lowest BCUT2D eigenvalue weighted by molar-refractivity contribution is -0.0408. The molecule has 0 radical (unpaired) electrons. The van der Waals surface area contributed by atoms with E-state index < -0.39 is 0 Å². The topological polar surface area (TPSA) is 56.1 Å². The van der Waals surface area contributed by atoms with Crippen molar-refractivity contribution in [1.29, 1.82) is 0 Å². The van der Waals surface area contributed by atoms with E-state index in [0.29, 0.717) is 5.92 Å². The fourth-order valence-electron chi connectivity index (χ4n) is 2.85. The lowest BCUT2D eigenvalue weighted by Gasteiger charge is -2.32. The van der Waals surface area contributed by atoms with Crippen LogP contribution < -0.4 is 0 Å². The van der Waals surface area contributed by atoms with Crippen LogP contribution in [-0.4, -0.2) is 50.4 Å². The molecule has 1 aliphatic rings. The fourth-order valence-corrected chi connectivity index (χ4v) is 3.68. The molecule has 2 aromatic rings. The molecule has 126 valence electrons. The third-order valence-corrected chi connectivity index (χ3v) is 5.21. The SMILES string of the molecule is Cc1nc(C)n(C[C@@H]2CN(Cc3csc(C(C)C)n3)CCO2)n1. The first-order valence-corrected chi connectivity index (χ1v) is 9.05. The highest BCUT2D eigenvalue weighted by Crippen LogP contribution is 2.20. The minimum Gasteiger partial charge on any atom is -0.374 e. The smallest absolute Gasteiger partial charge is 0.147 e. The Labute approximate surface area is 141 Å². The molecule has 1 saturated heterocycles. The van der Waals surface area contributed by atoms with Crippen molar-refractivity contribution in [1.82, 2.24) is 24.6 Å². The summed E-state index contributed by atoms with van der Waals surface area (Å²) in [7, 11) is 0. The predicted octanol–water partition coefficient (Wildman–Crippen LogP) is 2.38. The Kier molecular flexibility index (Phi) is 5.08. The van der Waals surface area contributed by atoms with Crippen LogP contribution >= 0.6 is 11.3 Å². The molecule has 0 spiro atoms. The minimum atomic E-state index is 0.159. The van der Waals surface area contributed by atoms with Gasteiger partial charge < -0.3 is 4.74 Å². The van der Waals surface area contributed by atoms with Crippen molar-refractivity contribution in [2.24, 2.45) is 0 Å². The van der Waals surface area contributed by atoms with E-state index in [1.807, 2.05) is 18.5 Å². The quantitative estimate of drug-likeness (QED) is 0.840. The zero-order chi connectivity index (χ0) is 16.4. The molecule has 0 bridgehead atoms. The molecular weight excluding hydrogens is 310 g/mol. The van der Waals surface area contributed by atoms with Gasteiger partial charge in [0.25, 0.3) is 0 Å². The van der Waals surface area contributed by atoms with Gasteiger partial charge in [0.15, 0.2) is 0 Å². The van der Waals surface area contributed by atoms with E-state index in [4.69, 9.17) is 9.72 Å². The average Bonchev–Trinajstić information content (AvgIpc) is 3.07. The number of ether oxygens (including phenoxy) is 1. The number of morpholine rings is 1. The Bertz CT molecular complexity index is 651. The maximum absolute atomic E-state index is 5.91. The molecule has 23 heavy (non-hydrogen) atoms. The van der Waals surface area contributed by atoms with Crippen molar-refractivity contribution in [3.63, 3.8) is 0 Å². The van der Waals surface area contributed by atoms with Crippen LogP contribution in [0.4, 0.5) is 0 Å². The van der Waals surface area contributed by atoms with Gasteiger partial charge in [0, 0.05) is 30.9 Å². The molecule has 0 N–H and O–H groups in total. The third kappa shape index (κ3) is 4.16. The van der Waals surface area contributed by atoms with Crippen molar-refractivity contribution < 1.29 is 4.74 Å². The maximum Gasteiger partial charge on any atom is 0.147 e. The number of rotatable bonds is 5. The van der Waals surface area contributed by atoms with Gasteiger partial charge in [-0.05, 0) is 13.8 Å². The highest BCUT2D eigenvalue weighted by atomic mass is 32.1. The lowest BCUT2D eigenvalue weighted by Crippen LogP contribution is -2.44. The molecule has 1 atom stereocenters. The van der Waals surface area contributed by atoms with Gasteiger partial charge in [-0.15, -0.1) is 11.3 Å². The standard InChI is InChI=1S/C16H25N5OS/c1-11(2)16-18-14(10-23-16)7-20-5-6-22-15(8-20)9-21-13(4)17-12(3)19-21/h10-11,15H,5-9H2,1-4H3/t15-/m0/s1. The van der Waals surface area contributed by atoms with Crippen LogP contribution in [0.5, 0.6) is 0 Å². The molecule has 3 rings (SSSR count). The van der Waals surface area contributed by atoms with E-state index in [2.05, 4.69) is 34.2 Å². The van der Waals surface area contributed by atoms with Gasteiger partial charge in [-0.3, -0.25) is 4.90 Å². The number of aromatic nitrogens is 4. The summed E-state index contributed by atoms with van der Waals surface area (Å²) in [6.07, 6.45) is 0.159. The third-order valence-electron chi connectivity index (χ3n) is 4.01. The van der Waals surface area contributed by atoms with Gasteiger partial charge in [-0.25, -0.2) is 14.6 Å². The first kappa shape index (κ1) is 16.5. The first-order chi connectivity index (χ1) is 11.0. The fraction of sp³-hybridized carbons (Fsp3) is 0.688. The van der Waals surface area contributed by atoms with Crippen molar-refractivity contribution in [2.75, 3.05) is 19.7 Å². The summed E-state index contributed by atoms with van der Waals surface area (Å²) >= 11 is 1.76. The molecule has 0 aromatic carbocycles. The van der Waals surface area contributed by atoms with Gasteiger partial charge in [-0.1, -0.05) is 13.8 Å². The van der Waals surface area contributed by atoms with E-state index in [9.17, 15) is 0 Å². The maximum atomic E-state index is 5.91. The average molecular weight is 335 g/mol. The predicted molar refractivity (Wildman–Crippen MR) is 90.7 cm³/mol. The van der Waals surface area contributed by atoms with Crippen LogP contribution in [0.25, 0.3) is 0 Å². The van der Waals surface area contributed by atoms with Crippen LogP contribution in [0, 0.1) is 13.8 Å². The molecule has 1 aliphatic heterocycles. The Balaban J connectivity index is 1.58. The Morgan fingerprint density at radius 1 is 1.35 bits per heavy atom. The molecule has 6 nitrogen and oxygen atoms in total. The van der Waals surface area contributed by atoms with Crippen LogP contribution in [0.15, 0.2) is 5.38 Å². The number of thiazole rings is 1. The molecule has 0 aliphatic carbocycles.